The van der Waals surface area contributed by atoms with Crippen LogP contribution in [0.25, 0.3) is 0 Å². The van der Waals surface area contributed by atoms with Crippen molar-refractivity contribution >= 4 is 28.8 Å². The highest BCUT2D eigenvalue weighted by Gasteiger charge is 2.19. The summed E-state index contributed by atoms with van der Waals surface area (Å²) < 4.78 is 13.2. The van der Waals surface area contributed by atoms with Gasteiger partial charge in [-0.15, -0.1) is 0 Å². The van der Waals surface area contributed by atoms with Crippen LogP contribution in [0.2, 0.25) is 0 Å². The number of nitrogens with two attached hydrogens (primary N) is 1. The van der Waals surface area contributed by atoms with Crippen LogP contribution in [0.1, 0.15) is 13.3 Å². The number of amides is 1. The summed E-state index contributed by atoms with van der Waals surface area (Å²) in [4.78, 5) is 11.8. The Bertz CT molecular complexity index is 409. The molecule has 1 unspecified atom stereocenters. The van der Waals surface area contributed by atoms with Gasteiger partial charge in [0.15, 0.2) is 0 Å². The fourth-order valence-electron chi connectivity index (χ4n) is 1.30. The van der Waals surface area contributed by atoms with Gasteiger partial charge >= 0.3 is 0 Å². The van der Waals surface area contributed by atoms with E-state index in [4.69, 9.17) is 18.0 Å². The van der Waals surface area contributed by atoms with Gasteiger partial charge in [0.1, 0.15) is 5.82 Å². The summed E-state index contributed by atoms with van der Waals surface area (Å²) >= 11 is 4.76. The first-order valence-corrected chi connectivity index (χ1v) is 5.31. The number of nitrogens with one attached hydrogen (secondary N) is 1. The van der Waals surface area contributed by atoms with Gasteiger partial charge < -0.3 is 11.1 Å². The molecule has 0 fully saturated rings. The van der Waals surface area contributed by atoms with Crippen LogP contribution in [0, 0.1) is 11.7 Å². The fraction of sp³-hybridized carbons (Fsp3) is 0.273. The smallest absolute Gasteiger partial charge is 0.234 e. The molecule has 0 bridgehead atoms. The summed E-state index contributed by atoms with van der Waals surface area (Å²) in [6, 6.07) is 5.95. The molecule has 0 aliphatic rings. The van der Waals surface area contributed by atoms with Crippen LogP contribution in [-0.2, 0) is 4.79 Å². The maximum absolute atomic E-state index is 13.2. The number of benzene rings is 1. The number of carbonyl (C=O) groups is 1. The van der Waals surface area contributed by atoms with Crippen molar-refractivity contribution in [1.82, 2.24) is 0 Å². The summed E-state index contributed by atoms with van der Waals surface area (Å²) in [7, 11) is 0. The number of carbonyl (C=O) groups excluding carboxylic acids is 1. The van der Waals surface area contributed by atoms with E-state index in [-0.39, 0.29) is 16.6 Å². The minimum absolute atomic E-state index is 0.122. The van der Waals surface area contributed by atoms with E-state index in [1.54, 1.807) is 19.1 Å². The van der Waals surface area contributed by atoms with Gasteiger partial charge in [-0.3, -0.25) is 4.79 Å². The second kappa shape index (κ2) is 5.55. The lowest BCUT2D eigenvalue weighted by atomic mass is 10.1. The Labute approximate surface area is 98.8 Å². The molecule has 3 N–H and O–H groups in total. The third kappa shape index (κ3) is 3.00. The number of anilines is 1. The normalized spacial score (nSPS) is 11.9. The van der Waals surface area contributed by atoms with Crippen LogP contribution in [0.3, 0.4) is 0 Å². The van der Waals surface area contributed by atoms with E-state index in [0.717, 1.165) is 0 Å². The molecule has 3 nitrogen and oxygen atoms in total. The van der Waals surface area contributed by atoms with Crippen LogP contribution in [0.5, 0.6) is 0 Å². The molecule has 1 atom stereocenters. The lowest BCUT2D eigenvalue weighted by Gasteiger charge is -2.13. The Balaban J connectivity index is 2.78. The molecule has 5 heteroatoms. The van der Waals surface area contributed by atoms with Gasteiger partial charge in [-0.1, -0.05) is 31.3 Å². The molecule has 1 amide bonds. The largest absolute Gasteiger partial charge is 0.393 e. The Morgan fingerprint density at radius 1 is 1.56 bits per heavy atom. The van der Waals surface area contributed by atoms with Crippen LogP contribution in [0.4, 0.5) is 10.1 Å². The lowest BCUT2D eigenvalue weighted by molar-refractivity contribution is -0.118. The predicted octanol–water partition coefficient (Wildman–Crippen LogP) is 2.08. The monoisotopic (exact) mass is 240 g/mol. The maximum atomic E-state index is 13.2. The van der Waals surface area contributed by atoms with Crippen molar-refractivity contribution in [3.63, 3.8) is 0 Å². The van der Waals surface area contributed by atoms with Crippen molar-refractivity contribution in [1.29, 1.82) is 0 Å². The molecule has 0 aliphatic heterocycles. The van der Waals surface area contributed by atoms with Crippen molar-refractivity contribution in [2.45, 2.75) is 13.3 Å². The zero-order valence-electron chi connectivity index (χ0n) is 8.87. The van der Waals surface area contributed by atoms with Crippen molar-refractivity contribution in [3.8, 4) is 0 Å². The van der Waals surface area contributed by atoms with Gasteiger partial charge in [0.25, 0.3) is 0 Å². The van der Waals surface area contributed by atoms with Crippen LogP contribution in [0.15, 0.2) is 24.3 Å². The van der Waals surface area contributed by atoms with Crippen LogP contribution in [-0.4, -0.2) is 10.9 Å². The summed E-state index contributed by atoms with van der Waals surface area (Å²) in [5.74, 6) is -1.41. The number of hydrogen-bond acceptors (Lipinski definition) is 2. The second-order valence-electron chi connectivity index (χ2n) is 3.33. The van der Waals surface area contributed by atoms with E-state index in [2.05, 4.69) is 5.32 Å². The van der Waals surface area contributed by atoms with Crippen molar-refractivity contribution < 1.29 is 9.18 Å². The lowest BCUT2D eigenvalue weighted by Crippen LogP contribution is -2.32. The van der Waals surface area contributed by atoms with E-state index in [0.29, 0.717) is 6.42 Å². The number of halogens is 1. The number of para-hydroxylation sites is 1. The average Bonchev–Trinajstić information content (AvgIpc) is 2.22. The van der Waals surface area contributed by atoms with E-state index in [1.165, 1.54) is 12.1 Å². The zero-order valence-corrected chi connectivity index (χ0v) is 9.68. The van der Waals surface area contributed by atoms with Gasteiger partial charge in [0.05, 0.1) is 16.6 Å². The fourth-order valence-corrected chi connectivity index (χ4v) is 1.57. The minimum Gasteiger partial charge on any atom is -0.393 e. The van der Waals surface area contributed by atoms with E-state index in [1.807, 2.05) is 0 Å². The molecule has 86 valence electrons. The van der Waals surface area contributed by atoms with Gasteiger partial charge in [-0.25, -0.2) is 4.39 Å². The topological polar surface area (TPSA) is 55.1 Å². The molecule has 0 radical (unpaired) electrons. The maximum Gasteiger partial charge on any atom is 0.234 e. The molecule has 0 saturated carbocycles. The molecule has 0 heterocycles. The average molecular weight is 240 g/mol. The molecule has 1 rings (SSSR count). The first-order chi connectivity index (χ1) is 7.56. The van der Waals surface area contributed by atoms with E-state index >= 15 is 0 Å². The summed E-state index contributed by atoms with van der Waals surface area (Å²) in [5.41, 5.74) is 5.56. The highest BCUT2D eigenvalue weighted by molar-refractivity contribution is 7.80. The third-order valence-corrected chi connectivity index (χ3v) is 2.48. The van der Waals surface area contributed by atoms with Gasteiger partial charge in [0.2, 0.25) is 5.91 Å². The number of hydrogen-bond donors (Lipinski definition) is 2. The SMILES string of the molecule is CCC(C(=O)Nc1ccccc1F)C(N)=S. The van der Waals surface area contributed by atoms with Crippen molar-refractivity contribution in [2.75, 3.05) is 5.32 Å². The standard InChI is InChI=1S/C11H13FN2OS/c1-2-7(10(13)16)11(15)14-9-6-4-3-5-8(9)12/h3-7H,2H2,1H3,(H2,13,16)(H,14,15). The number of thiocarbonyl (C=S) groups is 1. The van der Waals surface area contributed by atoms with E-state index in [9.17, 15) is 9.18 Å². The van der Waals surface area contributed by atoms with Crippen molar-refractivity contribution in [2.24, 2.45) is 11.7 Å². The molecular weight excluding hydrogens is 227 g/mol. The highest BCUT2D eigenvalue weighted by atomic mass is 32.1. The van der Waals surface area contributed by atoms with E-state index < -0.39 is 11.7 Å². The molecule has 0 saturated heterocycles. The summed E-state index contributed by atoms with van der Waals surface area (Å²) in [6.45, 7) is 1.80. The van der Waals surface area contributed by atoms with Gasteiger partial charge in [-0.05, 0) is 18.6 Å². The molecule has 1 aromatic carbocycles. The molecule has 0 aliphatic carbocycles. The van der Waals surface area contributed by atoms with Crippen molar-refractivity contribution in [3.05, 3.63) is 30.1 Å². The third-order valence-electron chi connectivity index (χ3n) is 2.20. The Morgan fingerprint density at radius 2 is 2.19 bits per heavy atom. The van der Waals surface area contributed by atoms with Gasteiger partial charge in [-0.2, -0.15) is 0 Å². The Hall–Kier alpha value is -1.49. The quantitative estimate of drug-likeness (QED) is 0.792. The first kappa shape index (κ1) is 12.6. The zero-order chi connectivity index (χ0) is 12.1. The molecule has 16 heavy (non-hydrogen) atoms. The second-order valence-corrected chi connectivity index (χ2v) is 3.80. The molecule has 0 aromatic heterocycles. The highest BCUT2D eigenvalue weighted by Crippen LogP contribution is 2.14. The predicted molar refractivity (Wildman–Crippen MR) is 65.6 cm³/mol. The molecule has 1 aromatic rings. The van der Waals surface area contributed by atoms with Gasteiger partial charge in [0, 0.05) is 0 Å². The summed E-state index contributed by atoms with van der Waals surface area (Å²) in [6.07, 6.45) is 0.496. The Kier molecular flexibility index (Phi) is 4.37. The summed E-state index contributed by atoms with van der Waals surface area (Å²) in [5, 5.41) is 2.46. The molecule has 0 spiro atoms. The van der Waals surface area contributed by atoms with Crippen LogP contribution < -0.4 is 11.1 Å². The Morgan fingerprint density at radius 3 is 2.69 bits per heavy atom. The minimum atomic E-state index is -0.561. The number of rotatable bonds is 4. The van der Waals surface area contributed by atoms with Crippen LogP contribution >= 0.6 is 12.2 Å². The first-order valence-electron chi connectivity index (χ1n) is 4.91. The molecular formula is C11H13FN2OS.